The Hall–Kier alpha value is -1.00. The van der Waals surface area contributed by atoms with E-state index < -0.39 is 28.7 Å². The van der Waals surface area contributed by atoms with Crippen LogP contribution in [0.5, 0.6) is 0 Å². The van der Waals surface area contributed by atoms with E-state index in [2.05, 4.69) is 21.3 Å². The van der Waals surface area contributed by atoms with Gasteiger partial charge in [-0.3, -0.25) is 9.59 Å². The Bertz CT molecular complexity index is 795. The number of rotatable bonds is 6. The van der Waals surface area contributed by atoms with Gasteiger partial charge in [-0.25, -0.2) is 4.39 Å². The van der Waals surface area contributed by atoms with Crippen LogP contribution < -0.4 is 21.3 Å². The second-order valence-corrected chi connectivity index (χ2v) is 12.2. The fourth-order valence-corrected chi connectivity index (χ4v) is 7.27. The number of alkyl halides is 2. The molecule has 0 aromatic heterocycles. The Morgan fingerprint density at radius 1 is 1.06 bits per heavy atom. The molecule has 0 radical (unpaired) electrons. The minimum Gasteiger partial charge on any atom is -0.391 e. The van der Waals surface area contributed by atoms with Crippen LogP contribution >= 0.6 is 11.6 Å². The van der Waals surface area contributed by atoms with Crippen LogP contribution in [0, 0.1) is 0 Å². The van der Waals surface area contributed by atoms with Gasteiger partial charge in [0.25, 0.3) is 0 Å². The van der Waals surface area contributed by atoms with E-state index in [1.54, 1.807) is 0 Å². The molecule has 1 saturated heterocycles. The first kappa shape index (κ1) is 25.6. The first-order valence-corrected chi connectivity index (χ1v) is 13.9. The molecule has 5 saturated carbocycles. The molecule has 198 valence electrons. The number of nitrogens with one attached hydrogen (secondary N) is 4. The molecule has 1 aliphatic heterocycles. The van der Waals surface area contributed by atoms with E-state index in [-0.39, 0.29) is 37.0 Å². The smallest absolute Gasteiger partial charge is 0.246 e. The van der Waals surface area contributed by atoms with Crippen molar-refractivity contribution in [1.29, 1.82) is 0 Å². The van der Waals surface area contributed by atoms with E-state index in [4.69, 9.17) is 16.3 Å². The monoisotopic (exact) mass is 514 g/mol. The summed E-state index contributed by atoms with van der Waals surface area (Å²) in [5.74, 6) is -0.288. The Morgan fingerprint density at radius 2 is 1.80 bits per heavy atom. The summed E-state index contributed by atoms with van der Waals surface area (Å²) in [7, 11) is 0. The van der Waals surface area contributed by atoms with Crippen molar-refractivity contribution in [3.63, 3.8) is 0 Å². The van der Waals surface area contributed by atoms with Crippen molar-refractivity contribution >= 4 is 23.4 Å². The van der Waals surface area contributed by atoms with Gasteiger partial charge < -0.3 is 31.1 Å². The third-order valence-corrected chi connectivity index (χ3v) is 9.77. The van der Waals surface area contributed by atoms with E-state index >= 15 is 0 Å². The molecule has 2 amide bonds. The van der Waals surface area contributed by atoms with E-state index in [9.17, 15) is 19.1 Å². The molecule has 6 rings (SSSR count). The maximum Gasteiger partial charge on any atom is 0.246 e. The molecule has 0 spiro atoms. The maximum atomic E-state index is 13.8. The molecule has 6 unspecified atom stereocenters. The van der Waals surface area contributed by atoms with Crippen LogP contribution in [-0.2, 0) is 14.3 Å². The number of halogens is 2. The van der Waals surface area contributed by atoms with Crippen molar-refractivity contribution in [3.8, 4) is 0 Å². The molecule has 6 aliphatic rings. The molecular weight excluding hydrogens is 475 g/mol. The van der Waals surface area contributed by atoms with Gasteiger partial charge in [-0.1, -0.05) is 12.8 Å². The number of ether oxygens (including phenoxy) is 1. The lowest BCUT2D eigenvalue weighted by atomic mass is 9.59. The average molecular weight is 515 g/mol. The number of carbonyl (C=O) groups is 2. The number of carbonyl (C=O) groups excluding carboxylic acids is 2. The summed E-state index contributed by atoms with van der Waals surface area (Å²) in [6.07, 6.45) is 7.00. The summed E-state index contributed by atoms with van der Waals surface area (Å²) >= 11 is 5.93. The predicted molar refractivity (Wildman–Crippen MR) is 130 cm³/mol. The molecule has 35 heavy (non-hydrogen) atoms. The van der Waals surface area contributed by atoms with Gasteiger partial charge in [0.15, 0.2) is 0 Å². The minimum absolute atomic E-state index is 0.00149. The van der Waals surface area contributed by atoms with Crippen LogP contribution in [-0.4, -0.2) is 83.0 Å². The zero-order valence-corrected chi connectivity index (χ0v) is 21.1. The second-order valence-electron chi connectivity index (χ2n) is 11.6. The highest BCUT2D eigenvalue weighted by Crippen LogP contribution is 2.47. The normalized spacial score (nSPS) is 45.4. The third-order valence-electron chi connectivity index (χ3n) is 9.27. The molecule has 5 aliphatic carbocycles. The summed E-state index contributed by atoms with van der Waals surface area (Å²) in [6.45, 7) is 0.477. The van der Waals surface area contributed by atoms with Crippen LogP contribution in [0.4, 0.5) is 4.39 Å². The number of aliphatic hydroxyl groups excluding tert-OH is 1. The lowest BCUT2D eigenvalue weighted by Gasteiger charge is -2.56. The molecule has 2 bridgehead atoms. The average Bonchev–Trinajstić information content (AvgIpc) is 2.85. The molecule has 10 heteroatoms. The van der Waals surface area contributed by atoms with E-state index in [0.29, 0.717) is 63.6 Å². The van der Waals surface area contributed by atoms with Crippen LogP contribution in [0.3, 0.4) is 0 Å². The molecule has 0 aromatic carbocycles. The highest BCUT2D eigenvalue weighted by atomic mass is 35.5. The zero-order valence-electron chi connectivity index (χ0n) is 20.4. The molecule has 6 fully saturated rings. The Kier molecular flexibility index (Phi) is 7.62. The maximum absolute atomic E-state index is 13.8. The minimum atomic E-state index is -1.11. The quantitative estimate of drug-likeness (QED) is 0.343. The summed E-state index contributed by atoms with van der Waals surface area (Å²) in [5.41, 5.74) is -1.12. The number of fused-ring (bicyclic) bond motifs is 4. The number of piperazine rings is 1. The number of aliphatic hydroxyl groups is 1. The van der Waals surface area contributed by atoms with Crippen molar-refractivity contribution in [2.24, 2.45) is 0 Å². The fraction of sp³-hybridized carbons (Fsp3) is 0.920. The Morgan fingerprint density at radius 3 is 2.51 bits per heavy atom. The van der Waals surface area contributed by atoms with Gasteiger partial charge in [0.2, 0.25) is 11.8 Å². The van der Waals surface area contributed by atoms with Crippen LogP contribution in [0.2, 0.25) is 0 Å². The van der Waals surface area contributed by atoms with Gasteiger partial charge in [-0.2, -0.15) is 0 Å². The Balaban J connectivity index is 1.10. The SMILES string of the molecule is O=C(COC1CCC(Cl)C(F)C1)NC12CCC(NC(=O)C3CNC4CCCCC4N3)(CC1)C[C@@H]2O. The highest BCUT2D eigenvalue weighted by molar-refractivity contribution is 6.21. The molecule has 7 atom stereocenters. The fourth-order valence-electron chi connectivity index (χ4n) is 7.04. The van der Waals surface area contributed by atoms with Gasteiger partial charge in [0.1, 0.15) is 12.8 Å². The Labute approximate surface area is 211 Å². The first-order chi connectivity index (χ1) is 16.8. The lowest BCUT2D eigenvalue weighted by molar-refractivity contribution is -0.140. The van der Waals surface area contributed by atoms with E-state index in [1.807, 2.05) is 0 Å². The third kappa shape index (κ3) is 5.49. The zero-order chi connectivity index (χ0) is 24.6. The molecule has 8 nitrogen and oxygen atoms in total. The van der Waals surface area contributed by atoms with E-state index in [0.717, 1.165) is 12.8 Å². The first-order valence-electron chi connectivity index (χ1n) is 13.5. The molecule has 1 heterocycles. The van der Waals surface area contributed by atoms with Gasteiger partial charge in [0, 0.05) is 30.6 Å². The highest BCUT2D eigenvalue weighted by Gasteiger charge is 2.55. The second kappa shape index (κ2) is 10.4. The predicted octanol–water partition coefficient (Wildman–Crippen LogP) is 1.42. The standard InChI is InChI=1S/C25H40ClFN4O4/c26-16-6-5-15(11-17(16)27)35-14-22(33)30-25-9-7-24(8-10-25,12-21(25)32)31-23(34)20-13-28-18-3-1-2-4-19(18)29-20/h15-21,28-29,32H,1-14H2,(H,30,33)(H,31,34)/t15?,16?,17?,18?,19?,20?,21-,24?,25?/m0/s1. The number of amides is 2. The summed E-state index contributed by atoms with van der Waals surface area (Å²) in [6, 6.07) is 0.545. The van der Waals surface area contributed by atoms with Gasteiger partial charge >= 0.3 is 0 Å². The number of hydrogen-bond acceptors (Lipinski definition) is 6. The van der Waals surface area contributed by atoms with Gasteiger partial charge in [-0.15, -0.1) is 11.6 Å². The van der Waals surface area contributed by atoms with Crippen molar-refractivity contribution in [2.75, 3.05) is 13.2 Å². The topological polar surface area (TPSA) is 112 Å². The van der Waals surface area contributed by atoms with Crippen LogP contribution in [0.25, 0.3) is 0 Å². The van der Waals surface area contributed by atoms with Crippen molar-refractivity contribution < 1.29 is 23.8 Å². The molecule has 5 N–H and O–H groups in total. The van der Waals surface area contributed by atoms with Crippen molar-refractivity contribution in [1.82, 2.24) is 21.3 Å². The summed E-state index contributed by atoms with van der Waals surface area (Å²) < 4.78 is 19.5. The summed E-state index contributed by atoms with van der Waals surface area (Å²) in [4.78, 5) is 25.8. The molecular formula is C25H40ClFN4O4. The van der Waals surface area contributed by atoms with Crippen molar-refractivity contribution in [3.05, 3.63) is 0 Å². The van der Waals surface area contributed by atoms with Gasteiger partial charge in [-0.05, 0) is 57.8 Å². The van der Waals surface area contributed by atoms with Crippen molar-refractivity contribution in [2.45, 2.75) is 130 Å². The van der Waals surface area contributed by atoms with Crippen LogP contribution in [0.1, 0.15) is 77.0 Å². The molecule has 0 aromatic rings. The van der Waals surface area contributed by atoms with Gasteiger partial charge in [0.05, 0.1) is 29.2 Å². The van der Waals surface area contributed by atoms with E-state index in [1.165, 1.54) is 12.8 Å². The van der Waals surface area contributed by atoms with Crippen LogP contribution in [0.15, 0.2) is 0 Å². The largest absolute Gasteiger partial charge is 0.391 e. The summed E-state index contributed by atoms with van der Waals surface area (Å²) in [5, 5.41) is 23.9. The number of hydrogen-bond donors (Lipinski definition) is 5. The lowest BCUT2D eigenvalue weighted by Crippen LogP contribution is -2.72.